The Kier molecular flexibility index (Phi) is 4.68. The molecule has 1 nitrogen and oxygen atoms in total. The normalized spacial score (nSPS) is 11.7. The molecule has 0 aromatic carbocycles. The van der Waals surface area contributed by atoms with Gasteiger partial charge in [0.15, 0.2) is 5.78 Å². The molecular weight excluding hydrogens is 180 g/mol. The zero-order chi connectivity index (χ0) is 7.28. The standard InChI is InChI=1S/C7H11BrO/c1-3-4-7(5-8)6(2)9/h5H,3-4H2,1-2H3/b7-5+. The lowest BCUT2D eigenvalue weighted by Gasteiger charge is -1.95. The molecule has 0 radical (unpaired) electrons. The van der Waals surface area contributed by atoms with E-state index >= 15 is 0 Å². The van der Waals surface area contributed by atoms with Gasteiger partial charge >= 0.3 is 0 Å². The van der Waals surface area contributed by atoms with Crippen LogP contribution in [0.3, 0.4) is 0 Å². The number of rotatable bonds is 3. The summed E-state index contributed by atoms with van der Waals surface area (Å²) in [7, 11) is 0. The van der Waals surface area contributed by atoms with E-state index in [0.29, 0.717) is 0 Å². The van der Waals surface area contributed by atoms with Gasteiger partial charge in [0, 0.05) is 5.57 Å². The lowest BCUT2D eigenvalue weighted by molar-refractivity contribution is -0.113. The summed E-state index contributed by atoms with van der Waals surface area (Å²) in [6, 6.07) is 0. The lowest BCUT2D eigenvalue weighted by Crippen LogP contribution is -1.94. The van der Waals surface area contributed by atoms with E-state index in [1.165, 1.54) is 0 Å². The Labute approximate surface area is 64.3 Å². The first-order chi connectivity index (χ1) is 4.22. The maximum absolute atomic E-state index is 10.7. The van der Waals surface area contributed by atoms with E-state index in [9.17, 15) is 4.79 Å². The van der Waals surface area contributed by atoms with E-state index in [0.717, 1.165) is 18.4 Å². The van der Waals surface area contributed by atoms with Crippen molar-refractivity contribution in [3.63, 3.8) is 0 Å². The fourth-order valence-corrected chi connectivity index (χ4v) is 1.13. The van der Waals surface area contributed by atoms with Crippen LogP contribution in [-0.4, -0.2) is 5.78 Å². The second kappa shape index (κ2) is 4.74. The number of ketones is 1. The first-order valence-electron chi connectivity index (χ1n) is 3.02. The fraction of sp³-hybridized carbons (Fsp3) is 0.571. The van der Waals surface area contributed by atoms with Gasteiger partial charge in [-0.3, -0.25) is 4.79 Å². The maximum Gasteiger partial charge on any atom is 0.156 e. The van der Waals surface area contributed by atoms with Gasteiger partial charge in [0.05, 0.1) is 0 Å². The Hall–Kier alpha value is -0.110. The SMILES string of the molecule is CCC/C(=C\Br)C(C)=O. The zero-order valence-electron chi connectivity index (χ0n) is 5.78. The molecule has 0 aromatic rings. The van der Waals surface area contributed by atoms with Crippen LogP contribution < -0.4 is 0 Å². The van der Waals surface area contributed by atoms with Gasteiger partial charge in [0.2, 0.25) is 0 Å². The van der Waals surface area contributed by atoms with Crippen LogP contribution in [0.1, 0.15) is 26.7 Å². The number of allylic oxidation sites excluding steroid dienone is 1. The molecule has 0 saturated carbocycles. The smallest absolute Gasteiger partial charge is 0.156 e. The summed E-state index contributed by atoms with van der Waals surface area (Å²) in [5, 5.41) is 0. The van der Waals surface area contributed by atoms with E-state index in [2.05, 4.69) is 22.9 Å². The zero-order valence-corrected chi connectivity index (χ0v) is 7.36. The second-order valence-corrected chi connectivity index (χ2v) is 2.40. The quantitative estimate of drug-likeness (QED) is 0.626. The van der Waals surface area contributed by atoms with Crippen molar-refractivity contribution in [3.8, 4) is 0 Å². The molecule has 0 rings (SSSR count). The number of carbonyl (C=O) groups is 1. The van der Waals surface area contributed by atoms with Crippen LogP contribution in [0.4, 0.5) is 0 Å². The van der Waals surface area contributed by atoms with Crippen molar-refractivity contribution in [2.75, 3.05) is 0 Å². The summed E-state index contributed by atoms with van der Waals surface area (Å²) in [5.41, 5.74) is 0.873. The van der Waals surface area contributed by atoms with Crippen molar-refractivity contribution in [2.45, 2.75) is 26.7 Å². The summed E-state index contributed by atoms with van der Waals surface area (Å²) in [6.45, 7) is 3.64. The summed E-state index contributed by atoms with van der Waals surface area (Å²) in [6.07, 6.45) is 1.90. The largest absolute Gasteiger partial charge is 0.295 e. The van der Waals surface area contributed by atoms with Crippen molar-refractivity contribution in [1.29, 1.82) is 0 Å². The molecule has 0 aromatic heterocycles. The lowest BCUT2D eigenvalue weighted by atomic mass is 10.1. The first kappa shape index (κ1) is 8.89. The molecule has 0 N–H and O–H groups in total. The fourth-order valence-electron chi connectivity index (χ4n) is 0.577. The Morgan fingerprint density at radius 2 is 2.22 bits per heavy atom. The van der Waals surface area contributed by atoms with Gasteiger partial charge in [0.1, 0.15) is 0 Å². The van der Waals surface area contributed by atoms with Crippen LogP contribution >= 0.6 is 15.9 Å². The van der Waals surface area contributed by atoms with Crippen LogP contribution in [0.5, 0.6) is 0 Å². The van der Waals surface area contributed by atoms with Gasteiger partial charge < -0.3 is 0 Å². The van der Waals surface area contributed by atoms with Gasteiger partial charge in [-0.15, -0.1) is 0 Å². The highest BCUT2D eigenvalue weighted by Crippen LogP contribution is 2.07. The number of halogens is 1. The number of carbonyl (C=O) groups excluding carboxylic acids is 1. The van der Waals surface area contributed by atoms with Gasteiger partial charge in [-0.25, -0.2) is 0 Å². The molecule has 0 atom stereocenters. The molecular formula is C7H11BrO. The predicted octanol–water partition coefficient (Wildman–Crippen LogP) is 2.65. The number of hydrogen-bond donors (Lipinski definition) is 0. The molecule has 0 heterocycles. The summed E-state index contributed by atoms with van der Waals surface area (Å²) in [5.74, 6) is 0.161. The van der Waals surface area contributed by atoms with Crippen LogP contribution in [0.25, 0.3) is 0 Å². The van der Waals surface area contributed by atoms with Gasteiger partial charge in [-0.2, -0.15) is 0 Å². The Morgan fingerprint density at radius 3 is 2.33 bits per heavy atom. The third-order valence-corrected chi connectivity index (χ3v) is 1.66. The average Bonchev–Trinajstić information content (AvgIpc) is 1.82. The molecule has 0 fully saturated rings. The highest BCUT2D eigenvalue weighted by atomic mass is 79.9. The molecule has 52 valence electrons. The van der Waals surface area contributed by atoms with Crippen molar-refractivity contribution in [1.82, 2.24) is 0 Å². The summed E-state index contributed by atoms with van der Waals surface area (Å²) < 4.78 is 0. The van der Waals surface area contributed by atoms with Crippen LogP contribution in [0, 0.1) is 0 Å². The van der Waals surface area contributed by atoms with E-state index < -0.39 is 0 Å². The van der Waals surface area contributed by atoms with Crippen LogP contribution in [0.2, 0.25) is 0 Å². The Balaban J connectivity index is 3.85. The van der Waals surface area contributed by atoms with Crippen LogP contribution in [-0.2, 0) is 4.79 Å². The molecule has 0 aliphatic rings. The maximum atomic E-state index is 10.7. The van der Waals surface area contributed by atoms with Gasteiger partial charge in [0.25, 0.3) is 0 Å². The molecule has 2 heteroatoms. The number of Topliss-reactive ketones (excluding diaryl/α,β-unsaturated/α-hetero) is 1. The van der Waals surface area contributed by atoms with Gasteiger partial charge in [-0.1, -0.05) is 29.3 Å². The monoisotopic (exact) mass is 190 g/mol. The van der Waals surface area contributed by atoms with E-state index in [4.69, 9.17) is 0 Å². The summed E-state index contributed by atoms with van der Waals surface area (Å²) >= 11 is 3.13. The molecule has 9 heavy (non-hydrogen) atoms. The third kappa shape index (κ3) is 3.46. The minimum Gasteiger partial charge on any atom is -0.295 e. The Morgan fingerprint density at radius 1 is 1.67 bits per heavy atom. The minimum atomic E-state index is 0.161. The van der Waals surface area contributed by atoms with Gasteiger partial charge in [-0.05, 0) is 18.3 Å². The van der Waals surface area contributed by atoms with Crippen LogP contribution in [0.15, 0.2) is 10.6 Å². The highest BCUT2D eigenvalue weighted by Gasteiger charge is 1.98. The van der Waals surface area contributed by atoms with Crippen molar-refractivity contribution in [2.24, 2.45) is 0 Å². The predicted molar refractivity (Wildman–Crippen MR) is 42.6 cm³/mol. The molecule has 0 spiro atoms. The molecule has 0 bridgehead atoms. The summed E-state index contributed by atoms with van der Waals surface area (Å²) in [4.78, 5) is 12.4. The van der Waals surface area contributed by atoms with E-state index in [1.54, 1.807) is 11.9 Å². The molecule has 0 unspecified atom stereocenters. The van der Waals surface area contributed by atoms with E-state index in [-0.39, 0.29) is 5.78 Å². The van der Waals surface area contributed by atoms with E-state index in [1.807, 2.05) is 0 Å². The third-order valence-electron chi connectivity index (χ3n) is 1.10. The Bertz CT molecular complexity index is 127. The molecule has 0 aliphatic heterocycles. The van der Waals surface area contributed by atoms with Crippen molar-refractivity contribution >= 4 is 21.7 Å². The minimum absolute atomic E-state index is 0.161. The number of hydrogen-bond acceptors (Lipinski definition) is 1. The molecule has 0 amide bonds. The second-order valence-electron chi connectivity index (χ2n) is 1.94. The first-order valence-corrected chi connectivity index (χ1v) is 3.94. The van der Waals surface area contributed by atoms with Crippen molar-refractivity contribution < 1.29 is 4.79 Å². The van der Waals surface area contributed by atoms with Crippen molar-refractivity contribution in [3.05, 3.63) is 10.6 Å². The molecule has 0 saturated heterocycles. The topological polar surface area (TPSA) is 17.1 Å². The highest BCUT2D eigenvalue weighted by molar-refractivity contribution is 9.11. The molecule has 0 aliphatic carbocycles. The average molecular weight is 191 g/mol.